The van der Waals surface area contributed by atoms with Crippen molar-refractivity contribution in [3.05, 3.63) is 42.5 Å². The summed E-state index contributed by atoms with van der Waals surface area (Å²) in [7, 11) is 1.66. The van der Waals surface area contributed by atoms with E-state index >= 15 is 0 Å². The third kappa shape index (κ3) is 5.67. The van der Waals surface area contributed by atoms with Crippen LogP contribution in [0.4, 0.5) is 11.4 Å². The SMILES string of the molecule is COc1ccccc1N1CCN(C[C@H](CC(=O)Nc2ccc3c(c2)OCCO3)C(=O)O)CC1. The molecule has 0 spiro atoms. The molecule has 1 atom stereocenters. The van der Waals surface area contributed by atoms with Crippen LogP contribution in [-0.2, 0) is 9.59 Å². The lowest BCUT2D eigenvalue weighted by Crippen LogP contribution is -2.49. The van der Waals surface area contributed by atoms with Gasteiger partial charge in [0.2, 0.25) is 5.91 Å². The molecule has 9 heteroatoms. The van der Waals surface area contributed by atoms with Crippen LogP contribution in [-0.4, -0.2) is 74.9 Å². The third-order valence-corrected chi connectivity index (χ3v) is 5.88. The number of carboxylic acids is 1. The average molecular weight is 456 g/mol. The van der Waals surface area contributed by atoms with Crippen LogP contribution in [0.5, 0.6) is 17.2 Å². The highest BCUT2D eigenvalue weighted by Crippen LogP contribution is 2.33. The minimum absolute atomic E-state index is 0.101. The van der Waals surface area contributed by atoms with Crippen molar-refractivity contribution in [1.82, 2.24) is 4.90 Å². The predicted molar refractivity (Wildman–Crippen MR) is 123 cm³/mol. The summed E-state index contributed by atoms with van der Waals surface area (Å²) in [6, 6.07) is 13.0. The van der Waals surface area contributed by atoms with Crippen LogP contribution in [0.25, 0.3) is 0 Å². The molecule has 2 aliphatic heterocycles. The number of carboxylic acid groups (broad SMARTS) is 1. The first kappa shape index (κ1) is 22.7. The minimum atomic E-state index is -0.973. The van der Waals surface area contributed by atoms with Gasteiger partial charge in [-0.2, -0.15) is 0 Å². The van der Waals surface area contributed by atoms with Crippen molar-refractivity contribution in [2.75, 3.05) is 63.3 Å². The molecule has 0 bridgehead atoms. The maximum Gasteiger partial charge on any atom is 0.308 e. The first-order valence-electron chi connectivity index (χ1n) is 11.1. The molecule has 0 aromatic heterocycles. The van der Waals surface area contributed by atoms with Crippen LogP contribution in [0.15, 0.2) is 42.5 Å². The van der Waals surface area contributed by atoms with Crippen molar-refractivity contribution in [1.29, 1.82) is 0 Å². The van der Waals surface area contributed by atoms with Gasteiger partial charge >= 0.3 is 5.97 Å². The van der Waals surface area contributed by atoms with E-state index in [0.29, 0.717) is 50.0 Å². The van der Waals surface area contributed by atoms with Crippen molar-refractivity contribution < 1.29 is 28.9 Å². The fourth-order valence-corrected chi connectivity index (χ4v) is 4.16. The minimum Gasteiger partial charge on any atom is -0.495 e. The predicted octanol–water partition coefficient (Wildman–Crippen LogP) is 2.32. The molecular formula is C24H29N3O6. The largest absolute Gasteiger partial charge is 0.495 e. The zero-order chi connectivity index (χ0) is 23.2. The fourth-order valence-electron chi connectivity index (χ4n) is 4.16. The topological polar surface area (TPSA) is 101 Å². The molecule has 1 fully saturated rings. The highest BCUT2D eigenvalue weighted by molar-refractivity contribution is 5.93. The summed E-state index contributed by atoms with van der Waals surface area (Å²) in [5.74, 6) is -0.0758. The van der Waals surface area contributed by atoms with Crippen molar-refractivity contribution >= 4 is 23.3 Å². The number of nitrogens with one attached hydrogen (secondary N) is 1. The van der Waals surface area contributed by atoms with Gasteiger partial charge in [0.15, 0.2) is 11.5 Å². The van der Waals surface area contributed by atoms with Gasteiger partial charge in [0.1, 0.15) is 19.0 Å². The number of rotatable bonds is 8. The Hall–Kier alpha value is -3.46. The van der Waals surface area contributed by atoms with Crippen molar-refractivity contribution in [2.45, 2.75) is 6.42 Å². The number of carbonyl (C=O) groups excluding carboxylic acids is 1. The second-order valence-electron chi connectivity index (χ2n) is 8.11. The van der Waals surface area contributed by atoms with Crippen LogP contribution >= 0.6 is 0 Å². The Bertz CT molecular complexity index is 990. The van der Waals surface area contributed by atoms with Gasteiger partial charge in [-0.05, 0) is 24.3 Å². The Morgan fingerprint density at radius 2 is 1.79 bits per heavy atom. The first-order valence-corrected chi connectivity index (χ1v) is 11.1. The zero-order valence-corrected chi connectivity index (χ0v) is 18.7. The van der Waals surface area contributed by atoms with Gasteiger partial charge < -0.3 is 29.5 Å². The normalized spacial score (nSPS) is 16.7. The van der Waals surface area contributed by atoms with E-state index in [1.54, 1.807) is 25.3 Å². The maximum atomic E-state index is 12.6. The van der Waals surface area contributed by atoms with E-state index in [0.717, 1.165) is 24.5 Å². The van der Waals surface area contributed by atoms with E-state index < -0.39 is 11.9 Å². The maximum absolute atomic E-state index is 12.6. The van der Waals surface area contributed by atoms with E-state index in [9.17, 15) is 14.7 Å². The molecular weight excluding hydrogens is 426 g/mol. The van der Waals surface area contributed by atoms with Crippen LogP contribution < -0.4 is 24.4 Å². The molecule has 0 radical (unpaired) electrons. The number of benzene rings is 2. The molecule has 33 heavy (non-hydrogen) atoms. The number of carbonyl (C=O) groups is 2. The number of methoxy groups -OCH3 is 1. The molecule has 1 saturated heterocycles. The van der Waals surface area contributed by atoms with Gasteiger partial charge in [0.25, 0.3) is 0 Å². The number of piperazine rings is 1. The number of hydrogen-bond acceptors (Lipinski definition) is 7. The van der Waals surface area contributed by atoms with Crippen molar-refractivity contribution in [3.63, 3.8) is 0 Å². The Labute approximate surface area is 192 Å². The van der Waals surface area contributed by atoms with Crippen LogP contribution in [0.2, 0.25) is 0 Å². The Morgan fingerprint density at radius 1 is 1.06 bits per heavy atom. The summed E-state index contributed by atoms with van der Waals surface area (Å²) in [6.07, 6.45) is -0.101. The number of amides is 1. The van der Waals surface area contributed by atoms with Crippen LogP contribution in [0, 0.1) is 5.92 Å². The zero-order valence-electron chi connectivity index (χ0n) is 18.7. The summed E-state index contributed by atoms with van der Waals surface area (Å²) in [5.41, 5.74) is 1.59. The summed E-state index contributed by atoms with van der Waals surface area (Å²) in [5, 5.41) is 12.5. The van der Waals surface area contributed by atoms with E-state index in [1.807, 2.05) is 24.3 Å². The molecule has 2 aromatic rings. The summed E-state index contributed by atoms with van der Waals surface area (Å²) >= 11 is 0. The molecule has 2 aliphatic rings. The lowest BCUT2D eigenvalue weighted by atomic mass is 10.0. The summed E-state index contributed by atoms with van der Waals surface area (Å²) in [4.78, 5) is 28.7. The van der Waals surface area contributed by atoms with Crippen LogP contribution in [0.1, 0.15) is 6.42 Å². The second kappa shape index (κ2) is 10.4. The van der Waals surface area contributed by atoms with E-state index in [1.165, 1.54) is 0 Å². The molecule has 2 heterocycles. The Kier molecular flexibility index (Phi) is 7.19. The van der Waals surface area contributed by atoms with Crippen LogP contribution in [0.3, 0.4) is 0 Å². The number of anilines is 2. The number of para-hydroxylation sites is 2. The second-order valence-corrected chi connectivity index (χ2v) is 8.11. The fraction of sp³-hybridized carbons (Fsp3) is 0.417. The molecule has 4 rings (SSSR count). The summed E-state index contributed by atoms with van der Waals surface area (Å²) < 4.78 is 16.5. The summed E-state index contributed by atoms with van der Waals surface area (Å²) in [6.45, 7) is 4.22. The molecule has 176 valence electrons. The Balaban J connectivity index is 1.30. The van der Waals surface area contributed by atoms with Crippen molar-refractivity contribution in [2.24, 2.45) is 5.92 Å². The molecule has 2 aromatic carbocycles. The molecule has 9 nitrogen and oxygen atoms in total. The lowest BCUT2D eigenvalue weighted by Gasteiger charge is -2.37. The molecule has 0 saturated carbocycles. The smallest absolute Gasteiger partial charge is 0.308 e. The highest BCUT2D eigenvalue weighted by atomic mass is 16.6. The number of nitrogens with zero attached hydrogens (tertiary/aromatic N) is 2. The molecule has 0 aliphatic carbocycles. The third-order valence-electron chi connectivity index (χ3n) is 5.88. The van der Waals surface area contributed by atoms with E-state index in [2.05, 4.69) is 15.1 Å². The number of fused-ring (bicyclic) bond motifs is 1. The van der Waals surface area contributed by atoms with Crippen molar-refractivity contribution in [3.8, 4) is 17.2 Å². The molecule has 1 amide bonds. The molecule has 2 N–H and O–H groups in total. The lowest BCUT2D eigenvalue weighted by molar-refractivity contribution is -0.144. The van der Waals surface area contributed by atoms with Gasteiger partial charge in [0, 0.05) is 50.9 Å². The van der Waals surface area contributed by atoms with Gasteiger partial charge in [-0.3, -0.25) is 14.5 Å². The van der Waals surface area contributed by atoms with Gasteiger partial charge in [0.05, 0.1) is 18.7 Å². The van der Waals surface area contributed by atoms with Gasteiger partial charge in [-0.1, -0.05) is 12.1 Å². The highest BCUT2D eigenvalue weighted by Gasteiger charge is 2.27. The van der Waals surface area contributed by atoms with Gasteiger partial charge in [-0.25, -0.2) is 0 Å². The first-order chi connectivity index (χ1) is 16.0. The average Bonchev–Trinajstić information content (AvgIpc) is 2.84. The molecule has 0 unspecified atom stereocenters. The quantitative estimate of drug-likeness (QED) is 0.626. The number of hydrogen-bond donors (Lipinski definition) is 2. The van der Waals surface area contributed by atoms with E-state index in [4.69, 9.17) is 14.2 Å². The Morgan fingerprint density at radius 3 is 2.52 bits per heavy atom. The monoisotopic (exact) mass is 455 g/mol. The number of ether oxygens (including phenoxy) is 3. The van der Waals surface area contributed by atoms with E-state index in [-0.39, 0.29) is 12.3 Å². The van der Waals surface area contributed by atoms with Gasteiger partial charge in [-0.15, -0.1) is 0 Å². The standard InChI is InChI=1S/C24H29N3O6/c1-31-20-5-3-2-4-19(20)27-10-8-26(9-11-27)16-17(24(29)30)14-23(28)25-18-6-7-21-22(15-18)33-13-12-32-21/h2-7,15,17H,8-14,16H2,1H3,(H,25,28)(H,29,30)/t17-/m0/s1. The number of aliphatic carboxylic acids is 1.